The standard InChI is InChI=1S/C8H14N4OS/c9-8(1-3-13-4-2-8)5-10-7-11-6-12-14-7/h6H,1-5,9H2,(H,10,11,12). The number of rotatable bonds is 3. The quantitative estimate of drug-likeness (QED) is 0.764. The van der Waals surface area contributed by atoms with E-state index in [0.29, 0.717) is 0 Å². The lowest BCUT2D eigenvalue weighted by Crippen LogP contribution is -2.50. The number of nitrogens with zero attached hydrogens (tertiary/aromatic N) is 2. The number of nitrogens with one attached hydrogen (secondary N) is 1. The number of anilines is 1. The zero-order valence-electron chi connectivity index (χ0n) is 7.90. The Hall–Kier alpha value is -0.720. The third-order valence-corrected chi connectivity index (χ3v) is 3.06. The second kappa shape index (κ2) is 4.20. The summed E-state index contributed by atoms with van der Waals surface area (Å²) in [5, 5.41) is 4.03. The molecule has 1 aromatic rings. The van der Waals surface area contributed by atoms with Crippen molar-refractivity contribution in [1.29, 1.82) is 0 Å². The first kappa shape index (κ1) is 9.82. The van der Waals surface area contributed by atoms with Crippen LogP contribution in [0, 0.1) is 0 Å². The Morgan fingerprint density at radius 1 is 1.57 bits per heavy atom. The summed E-state index contributed by atoms with van der Waals surface area (Å²) >= 11 is 1.35. The molecule has 1 aliphatic heterocycles. The predicted octanol–water partition coefficient (Wildman–Crippen LogP) is 0.458. The van der Waals surface area contributed by atoms with Gasteiger partial charge in [-0.1, -0.05) is 0 Å². The van der Waals surface area contributed by atoms with Gasteiger partial charge in [0.2, 0.25) is 5.13 Å². The average Bonchev–Trinajstić information content (AvgIpc) is 2.69. The highest BCUT2D eigenvalue weighted by atomic mass is 32.1. The van der Waals surface area contributed by atoms with Gasteiger partial charge in [-0.3, -0.25) is 0 Å². The van der Waals surface area contributed by atoms with Gasteiger partial charge in [0, 0.05) is 36.8 Å². The summed E-state index contributed by atoms with van der Waals surface area (Å²) in [4.78, 5) is 4.04. The Balaban J connectivity index is 1.84. The predicted molar refractivity (Wildman–Crippen MR) is 55.4 cm³/mol. The summed E-state index contributed by atoms with van der Waals surface area (Å²) in [6.45, 7) is 2.26. The van der Waals surface area contributed by atoms with Crippen LogP contribution in [0.2, 0.25) is 0 Å². The van der Waals surface area contributed by atoms with Crippen molar-refractivity contribution in [2.75, 3.05) is 25.1 Å². The van der Waals surface area contributed by atoms with Gasteiger partial charge in [-0.25, -0.2) is 4.98 Å². The third kappa shape index (κ3) is 2.40. The number of aromatic nitrogens is 2. The van der Waals surface area contributed by atoms with Crippen molar-refractivity contribution in [1.82, 2.24) is 9.36 Å². The van der Waals surface area contributed by atoms with Crippen LogP contribution < -0.4 is 11.1 Å². The van der Waals surface area contributed by atoms with Crippen LogP contribution in [0.1, 0.15) is 12.8 Å². The molecule has 14 heavy (non-hydrogen) atoms. The van der Waals surface area contributed by atoms with E-state index in [4.69, 9.17) is 10.5 Å². The minimum atomic E-state index is -0.149. The van der Waals surface area contributed by atoms with Gasteiger partial charge in [0.05, 0.1) is 0 Å². The van der Waals surface area contributed by atoms with Gasteiger partial charge in [-0.15, -0.1) is 0 Å². The van der Waals surface area contributed by atoms with Crippen LogP contribution in [0.4, 0.5) is 5.13 Å². The second-order valence-corrected chi connectivity index (χ2v) is 4.35. The maximum absolute atomic E-state index is 6.19. The number of nitrogens with two attached hydrogens (primary N) is 1. The number of hydrogen-bond acceptors (Lipinski definition) is 6. The van der Waals surface area contributed by atoms with Crippen LogP contribution in [-0.2, 0) is 4.74 Å². The molecule has 2 rings (SSSR count). The maximum atomic E-state index is 6.19. The molecule has 0 spiro atoms. The number of ether oxygens (including phenoxy) is 1. The molecule has 2 heterocycles. The van der Waals surface area contributed by atoms with Crippen molar-refractivity contribution in [3.05, 3.63) is 6.33 Å². The van der Waals surface area contributed by atoms with Gasteiger partial charge in [0.1, 0.15) is 6.33 Å². The second-order valence-electron chi connectivity index (χ2n) is 3.57. The molecule has 78 valence electrons. The van der Waals surface area contributed by atoms with Gasteiger partial charge >= 0.3 is 0 Å². The summed E-state index contributed by atoms with van der Waals surface area (Å²) in [5.74, 6) is 0. The maximum Gasteiger partial charge on any atom is 0.202 e. The van der Waals surface area contributed by atoms with Gasteiger partial charge < -0.3 is 15.8 Å². The van der Waals surface area contributed by atoms with Crippen LogP contribution >= 0.6 is 11.5 Å². The molecule has 0 aliphatic carbocycles. The highest BCUT2D eigenvalue weighted by Crippen LogP contribution is 2.18. The largest absolute Gasteiger partial charge is 0.381 e. The lowest BCUT2D eigenvalue weighted by Gasteiger charge is -2.33. The fourth-order valence-electron chi connectivity index (χ4n) is 1.46. The van der Waals surface area contributed by atoms with Crippen LogP contribution in [0.5, 0.6) is 0 Å². The van der Waals surface area contributed by atoms with Crippen molar-refractivity contribution >= 4 is 16.7 Å². The minimum absolute atomic E-state index is 0.149. The van der Waals surface area contributed by atoms with Crippen molar-refractivity contribution in [2.24, 2.45) is 5.73 Å². The summed E-state index contributed by atoms with van der Waals surface area (Å²) < 4.78 is 9.18. The van der Waals surface area contributed by atoms with Gasteiger partial charge in [0.15, 0.2) is 0 Å². The van der Waals surface area contributed by atoms with Crippen molar-refractivity contribution in [3.63, 3.8) is 0 Å². The number of hydrogen-bond donors (Lipinski definition) is 2. The fourth-order valence-corrected chi connectivity index (χ4v) is 1.88. The van der Waals surface area contributed by atoms with E-state index in [1.807, 2.05) is 0 Å². The molecule has 0 radical (unpaired) electrons. The van der Waals surface area contributed by atoms with Crippen molar-refractivity contribution in [3.8, 4) is 0 Å². The van der Waals surface area contributed by atoms with E-state index in [1.165, 1.54) is 11.5 Å². The van der Waals surface area contributed by atoms with Crippen molar-refractivity contribution in [2.45, 2.75) is 18.4 Å². The van der Waals surface area contributed by atoms with Gasteiger partial charge in [0.25, 0.3) is 0 Å². The summed E-state index contributed by atoms with van der Waals surface area (Å²) in [6.07, 6.45) is 3.35. The highest BCUT2D eigenvalue weighted by Gasteiger charge is 2.27. The first-order valence-corrected chi connectivity index (χ1v) is 5.43. The van der Waals surface area contributed by atoms with Gasteiger partial charge in [-0.05, 0) is 12.8 Å². The monoisotopic (exact) mass is 214 g/mol. The SMILES string of the molecule is NC1(CNc2ncns2)CCOCC1. The van der Waals surface area contributed by atoms with E-state index in [9.17, 15) is 0 Å². The van der Waals surface area contributed by atoms with E-state index in [0.717, 1.165) is 37.7 Å². The summed E-state index contributed by atoms with van der Waals surface area (Å²) in [5.41, 5.74) is 6.04. The van der Waals surface area contributed by atoms with Crippen LogP contribution in [0.15, 0.2) is 6.33 Å². The van der Waals surface area contributed by atoms with Crippen molar-refractivity contribution < 1.29 is 4.74 Å². The molecule has 0 amide bonds. The minimum Gasteiger partial charge on any atom is -0.381 e. The van der Waals surface area contributed by atoms with Crippen LogP contribution in [-0.4, -0.2) is 34.7 Å². The first-order valence-electron chi connectivity index (χ1n) is 4.66. The highest BCUT2D eigenvalue weighted by molar-refractivity contribution is 7.09. The molecule has 0 unspecified atom stereocenters. The molecule has 1 aliphatic rings. The Morgan fingerprint density at radius 3 is 3.00 bits per heavy atom. The molecule has 0 saturated carbocycles. The summed E-state index contributed by atoms with van der Waals surface area (Å²) in [6, 6.07) is 0. The Kier molecular flexibility index (Phi) is 2.95. The average molecular weight is 214 g/mol. The lowest BCUT2D eigenvalue weighted by atomic mass is 9.91. The van der Waals surface area contributed by atoms with Crippen LogP contribution in [0.3, 0.4) is 0 Å². The Labute approximate surface area is 86.8 Å². The van der Waals surface area contributed by atoms with E-state index >= 15 is 0 Å². The Morgan fingerprint density at radius 2 is 2.36 bits per heavy atom. The molecule has 5 nitrogen and oxygen atoms in total. The normalized spacial score (nSPS) is 20.6. The summed E-state index contributed by atoms with van der Waals surface area (Å²) in [7, 11) is 0. The molecule has 0 atom stereocenters. The molecule has 6 heteroatoms. The zero-order chi connectivity index (χ0) is 9.86. The lowest BCUT2D eigenvalue weighted by molar-refractivity contribution is 0.0575. The topological polar surface area (TPSA) is 73.1 Å². The van der Waals surface area contributed by atoms with E-state index in [-0.39, 0.29) is 5.54 Å². The molecule has 0 aromatic carbocycles. The van der Waals surface area contributed by atoms with E-state index < -0.39 is 0 Å². The van der Waals surface area contributed by atoms with Gasteiger partial charge in [-0.2, -0.15) is 4.37 Å². The molecule has 3 N–H and O–H groups in total. The molecular weight excluding hydrogens is 200 g/mol. The smallest absolute Gasteiger partial charge is 0.202 e. The molecule has 0 bridgehead atoms. The third-order valence-electron chi connectivity index (χ3n) is 2.44. The van der Waals surface area contributed by atoms with E-state index in [2.05, 4.69) is 14.7 Å². The van der Waals surface area contributed by atoms with E-state index in [1.54, 1.807) is 6.33 Å². The Bertz CT molecular complexity index is 271. The molecular formula is C8H14N4OS. The van der Waals surface area contributed by atoms with Crippen LogP contribution in [0.25, 0.3) is 0 Å². The molecule has 1 aromatic heterocycles. The fraction of sp³-hybridized carbons (Fsp3) is 0.750. The molecule has 1 saturated heterocycles. The first-order chi connectivity index (χ1) is 6.79. The molecule has 1 fully saturated rings. The zero-order valence-corrected chi connectivity index (χ0v) is 8.72.